The summed E-state index contributed by atoms with van der Waals surface area (Å²) in [6, 6.07) is 6.14. The van der Waals surface area contributed by atoms with E-state index in [4.69, 9.17) is 9.47 Å². The molecule has 0 saturated carbocycles. The van der Waals surface area contributed by atoms with E-state index in [0.29, 0.717) is 13.2 Å². The SMILES string of the molecule is CCCNC(=O)[C@@H](C)N1CCN(Cc2ccc3c(c2)OCCO3)CC1. The number of carbonyl (C=O) groups is 1. The van der Waals surface area contributed by atoms with Crippen LogP contribution in [0, 0.1) is 0 Å². The van der Waals surface area contributed by atoms with Crippen molar-refractivity contribution in [2.45, 2.75) is 32.9 Å². The molecule has 25 heavy (non-hydrogen) atoms. The Morgan fingerprint density at radius 1 is 1.16 bits per heavy atom. The zero-order chi connectivity index (χ0) is 17.6. The Morgan fingerprint density at radius 2 is 1.88 bits per heavy atom. The number of hydrogen-bond acceptors (Lipinski definition) is 5. The molecule has 0 aromatic heterocycles. The van der Waals surface area contributed by atoms with Crippen LogP contribution in [0.2, 0.25) is 0 Å². The van der Waals surface area contributed by atoms with Crippen molar-refractivity contribution < 1.29 is 14.3 Å². The molecule has 1 aromatic carbocycles. The summed E-state index contributed by atoms with van der Waals surface area (Å²) < 4.78 is 11.2. The van der Waals surface area contributed by atoms with Gasteiger partial charge in [-0.2, -0.15) is 0 Å². The number of rotatable bonds is 6. The molecule has 2 aliphatic heterocycles. The summed E-state index contributed by atoms with van der Waals surface area (Å²) in [5.41, 5.74) is 1.24. The number of fused-ring (bicyclic) bond motifs is 1. The van der Waals surface area contributed by atoms with Crippen LogP contribution in [-0.2, 0) is 11.3 Å². The molecular weight excluding hydrogens is 318 g/mol. The standard InChI is InChI=1S/C19H29N3O3/c1-3-6-20-19(23)15(2)22-9-7-21(8-10-22)14-16-4-5-17-18(13-16)25-12-11-24-17/h4-5,13,15H,3,6-12,14H2,1-2H3,(H,20,23)/t15-/m1/s1. The highest BCUT2D eigenvalue weighted by Crippen LogP contribution is 2.31. The largest absolute Gasteiger partial charge is 0.486 e. The average molecular weight is 347 g/mol. The lowest BCUT2D eigenvalue weighted by molar-refractivity contribution is -0.126. The number of nitrogens with zero attached hydrogens (tertiary/aromatic N) is 2. The molecule has 1 N–H and O–H groups in total. The third kappa shape index (κ3) is 4.64. The van der Waals surface area contributed by atoms with E-state index < -0.39 is 0 Å². The van der Waals surface area contributed by atoms with Gasteiger partial charge >= 0.3 is 0 Å². The van der Waals surface area contributed by atoms with Crippen LogP contribution in [0.3, 0.4) is 0 Å². The molecule has 6 heteroatoms. The molecule has 1 saturated heterocycles. The molecule has 2 heterocycles. The normalized spacial score (nSPS) is 19.4. The Bertz CT molecular complexity index is 585. The molecule has 1 aromatic rings. The lowest BCUT2D eigenvalue weighted by Gasteiger charge is -2.37. The van der Waals surface area contributed by atoms with Crippen molar-refractivity contribution in [3.05, 3.63) is 23.8 Å². The Morgan fingerprint density at radius 3 is 2.60 bits per heavy atom. The van der Waals surface area contributed by atoms with Crippen LogP contribution < -0.4 is 14.8 Å². The molecule has 2 aliphatic rings. The number of piperazine rings is 1. The maximum absolute atomic E-state index is 12.1. The molecule has 0 bridgehead atoms. The monoisotopic (exact) mass is 347 g/mol. The van der Waals surface area contributed by atoms with Gasteiger partial charge in [-0.15, -0.1) is 0 Å². The van der Waals surface area contributed by atoms with Crippen molar-refractivity contribution in [2.75, 3.05) is 45.9 Å². The van der Waals surface area contributed by atoms with E-state index in [0.717, 1.165) is 57.2 Å². The molecule has 0 unspecified atom stereocenters. The summed E-state index contributed by atoms with van der Waals surface area (Å²) in [5.74, 6) is 1.83. The molecule has 0 spiro atoms. The maximum Gasteiger partial charge on any atom is 0.237 e. The van der Waals surface area contributed by atoms with Crippen LogP contribution >= 0.6 is 0 Å². The summed E-state index contributed by atoms with van der Waals surface area (Å²) in [7, 11) is 0. The summed E-state index contributed by atoms with van der Waals surface area (Å²) in [6.07, 6.45) is 0.974. The van der Waals surface area contributed by atoms with Crippen molar-refractivity contribution in [3.63, 3.8) is 0 Å². The van der Waals surface area contributed by atoms with E-state index in [9.17, 15) is 4.79 Å². The predicted molar refractivity (Wildman–Crippen MR) is 97.0 cm³/mol. The smallest absolute Gasteiger partial charge is 0.237 e. The molecule has 0 radical (unpaired) electrons. The van der Waals surface area contributed by atoms with Crippen molar-refractivity contribution in [1.82, 2.24) is 15.1 Å². The minimum atomic E-state index is -0.0528. The van der Waals surface area contributed by atoms with Gasteiger partial charge in [0, 0.05) is 39.3 Å². The van der Waals surface area contributed by atoms with Crippen molar-refractivity contribution >= 4 is 5.91 Å². The second kappa shape index (κ2) is 8.54. The highest BCUT2D eigenvalue weighted by atomic mass is 16.6. The topological polar surface area (TPSA) is 54.0 Å². The van der Waals surface area contributed by atoms with E-state index in [2.05, 4.69) is 34.2 Å². The molecule has 1 amide bonds. The number of carbonyl (C=O) groups excluding carboxylic acids is 1. The van der Waals surface area contributed by atoms with Crippen molar-refractivity contribution in [1.29, 1.82) is 0 Å². The number of hydrogen-bond donors (Lipinski definition) is 1. The van der Waals surface area contributed by atoms with Gasteiger partial charge < -0.3 is 14.8 Å². The lowest BCUT2D eigenvalue weighted by Crippen LogP contribution is -2.53. The van der Waals surface area contributed by atoms with Crippen molar-refractivity contribution in [2.24, 2.45) is 0 Å². The van der Waals surface area contributed by atoms with Gasteiger partial charge in [0.05, 0.1) is 6.04 Å². The van der Waals surface area contributed by atoms with Gasteiger partial charge in [0.2, 0.25) is 5.91 Å². The van der Waals surface area contributed by atoms with E-state index in [1.165, 1.54) is 5.56 Å². The van der Waals surface area contributed by atoms with Crippen LogP contribution in [0.4, 0.5) is 0 Å². The number of ether oxygens (including phenoxy) is 2. The Balaban J connectivity index is 1.48. The first-order chi connectivity index (χ1) is 12.2. The highest BCUT2D eigenvalue weighted by molar-refractivity contribution is 5.81. The van der Waals surface area contributed by atoms with Gasteiger partial charge in [-0.3, -0.25) is 14.6 Å². The molecule has 3 rings (SSSR count). The Hall–Kier alpha value is -1.79. The molecule has 6 nitrogen and oxygen atoms in total. The molecule has 138 valence electrons. The van der Waals surface area contributed by atoms with Crippen LogP contribution in [0.5, 0.6) is 11.5 Å². The van der Waals surface area contributed by atoms with Gasteiger partial charge in [0.25, 0.3) is 0 Å². The van der Waals surface area contributed by atoms with Gasteiger partial charge in [0.1, 0.15) is 13.2 Å². The van der Waals surface area contributed by atoms with Crippen LogP contribution in [0.15, 0.2) is 18.2 Å². The highest BCUT2D eigenvalue weighted by Gasteiger charge is 2.25. The zero-order valence-corrected chi connectivity index (χ0v) is 15.3. The number of amides is 1. The fraction of sp³-hybridized carbons (Fsp3) is 0.632. The zero-order valence-electron chi connectivity index (χ0n) is 15.3. The summed E-state index contributed by atoms with van der Waals surface area (Å²) in [4.78, 5) is 16.8. The Labute approximate surface area is 150 Å². The quantitative estimate of drug-likeness (QED) is 0.845. The summed E-state index contributed by atoms with van der Waals surface area (Å²) >= 11 is 0. The maximum atomic E-state index is 12.1. The summed E-state index contributed by atoms with van der Waals surface area (Å²) in [5, 5.41) is 2.99. The molecular formula is C19H29N3O3. The molecule has 0 aliphatic carbocycles. The van der Waals surface area contributed by atoms with Gasteiger partial charge in [0.15, 0.2) is 11.5 Å². The third-order valence-electron chi connectivity index (χ3n) is 4.90. The van der Waals surface area contributed by atoms with Gasteiger partial charge in [-0.1, -0.05) is 13.0 Å². The van der Waals surface area contributed by atoms with Gasteiger partial charge in [-0.25, -0.2) is 0 Å². The van der Waals surface area contributed by atoms with Gasteiger partial charge in [-0.05, 0) is 31.0 Å². The Kier molecular flexibility index (Phi) is 6.15. The average Bonchev–Trinajstić information content (AvgIpc) is 2.66. The number of benzene rings is 1. The molecule has 1 fully saturated rings. The first-order valence-corrected chi connectivity index (χ1v) is 9.30. The summed E-state index contributed by atoms with van der Waals surface area (Å²) in [6.45, 7) is 10.8. The number of nitrogens with one attached hydrogen (secondary N) is 1. The second-order valence-corrected chi connectivity index (χ2v) is 6.76. The fourth-order valence-electron chi connectivity index (χ4n) is 3.31. The van der Waals surface area contributed by atoms with E-state index in [1.54, 1.807) is 0 Å². The third-order valence-corrected chi connectivity index (χ3v) is 4.90. The first kappa shape index (κ1) is 18.0. The lowest BCUT2D eigenvalue weighted by atomic mass is 10.1. The van der Waals surface area contributed by atoms with Crippen LogP contribution in [-0.4, -0.2) is 67.7 Å². The molecule has 1 atom stereocenters. The first-order valence-electron chi connectivity index (χ1n) is 9.30. The van der Waals surface area contributed by atoms with E-state index >= 15 is 0 Å². The minimum absolute atomic E-state index is 0.0528. The second-order valence-electron chi connectivity index (χ2n) is 6.76. The minimum Gasteiger partial charge on any atom is -0.486 e. The van der Waals surface area contributed by atoms with E-state index in [1.807, 2.05) is 13.0 Å². The van der Waals surface area contributed by atoms with E-state index in [-0.39, 0.29) is 11.9 Å². The fourth-order valence-corrected chi connectivity index (χ4v) is 3.31. The van der Waals surface area contributed by atoms with Crippen LogP contribution in [0.1, 0.15) is 25.8 Å². The van der Waals surface area contributed by atoms with Crippen LogP contribution in [0.25, 0.3) is 0 Å². The van der Waals surface area contributed by atoms with Crippen molar-refractivity contribution in [3.8, 4) is 11.5 Å². The predicted octanol–water partition coefficient (Wildman–Crippen LogP) is 1.49.